The van der Waals surface area contributed by atoms with Gasteiger partial charge >= 0.3 is 0 Å². The van der Waals surface area contributed by atoms with E-state index in [1.807, 2.05) is 12.3 Å². The van der Waals surface area contributed by atoms with Crippen LogP contribution in [0, 0.1) is 5.82 Å². The van der Waals surface area contributed by atoms with Crippen molar-refractivity contribution in [1.29, 1.82) is 0 Å². The van der Waals surface area contributed by atoms with E-state index >= 15 is 0 Å². The van der Waals surface area contributed by atoms with E-state index in [0.717, 1.165) is 5.69 Å². The summed E-state index contributed by atoms with van der Waals surface area (Å²) >= 11 is 0. The highest BCUT2D eigenvalue weighted by atomic mass is 19.1. The second-order valence-electron chi connectivity index (χ2n) is 5.94. The minimum absolute atomic E-state index is 0.0441. The topological polar surface area (TPSA) is 59.4 Å². The maximum absolute atomic E-state index is 13.9. The molecule has 0 radical (unpaired) electrons. The van der Waals surface area contributed by atoms with Crippen molar-refractivity contribution in [2.24, 2.45) is 0 Å². The Morgan fingerprint density at radius 3 is 3.08 bits per heavy atom. The molecule has 6 nitrogen and oxygen atoms in total. The van der Waals surface area contributed by atoms with Crippen LogP contribution in [0.15, 0.2) is 36.8 Å². The van der Waals surface area contributed by atoms with Gasteiger partial charge in [0.15, 0.2) is 0 Å². The Balaban J connectivity index is 1.69. The van der Waals surface area contributed by atoms with Crippen molar-refractivity contribution in [3.63, 3.8) is 0 Å². The minimum atomic E-state index is -0.193. The quantitative estimate of drug-likeness (QED) is 0.867. The first-order valence-electron chi connectivity index (χ1n) is 7.89. The number of methoxy groups -OCH3 is 1. The maximum Gasteiger partial charge on any atom is 0.246 e. The standard InChI is InChI=1S/C17H21FN4O2/c1-24-11-17(23)20-7-15-10-21(9-14-6-19-12-22(14)15)8-13-4-2-3-5-16(13)18/h2-6,12,15H,7-11H2,1H3,(H,20,23)/t15-/m0/s1. The van der Waals surface area contributed by atoms with Crippen LogP contribution in [0.25, 0.3) is 0 Å². The molecule has 3 rings (SSSR count). The number of benzene rings is 1. The molecule has 1 aliphatic heterocycles. The monoisotopic (exact) mass is 332 g/mol. The highest BCUT2D eigenvalue weighted by molar-refractivity contribution is 5.77. The Morgan fingerprint density at radius 2 is 2.29 bits per heavy atom. The second-order valence-corrected chi connectivity index (χ2v) is 5.94. The number of hydrogen-bond donors (Lipinski definition) is 1. The maximum atomic E-state index is 13.9. The molecule has 1 aliphatic rings. The summed E-state index contributed by atoms with van der Waals surface area (Å²) in [5.41, 5.74) is 1.73. The van der Waals surface area contributed by atoms with Gasteiger partial charge in [-0.25, -0.2) is 9.37 Å². The van der Waals surface area contributed by atoms with Crippen LogP contribution in [-0.4, -0.2) is 47.2 Å². The number of carbonyl (C=O) groups excluding carboxylic acids is 1. The summed E-state index contributed by atoms with van der Waals surface area (Å²) in [6, 6.07) is 6.87. The molecule has 1 atom stereocenters. The van der Waals surface area contributed by atoms with Gasteiger partial charge in [-0.3, -0.25) is 9.69 Å². The van der Waals surface area contributed by atoms with Gasteiger partial charge in [-0.15, -0.1) is 0 Å². The van der Waals surface area contributed by atoms with Crippen molar-refractivity contribution < 1.29 is 13.9 Å². The van der Waals surface area contributed by atoms with Crippen LogP contribution in [0.1, 0.15) is 17.3 Å². The SMILES string of the molecule is COCC(=O)NC[C@H]1CN(Cc2ccccc2F)Cc2cncn21. The summed E-state index contributed by atoms with van der Waals surface area (Å²) < 4.78 is 20.8. The Hall–Kier alpha value is -2.25. The Morgan fingerprint density at radius 1 is 1.46 bits per heavy atom. The molecule has 0 aliphatic carbocycles. The highest BCUT2D eigenvalue weighted by Gasteiger charge is 2.25. The Labute approximate surface area is 140 Å². The zero-order chi connectivity index (χ0) is 16.9. The molecule has 1 amide bonds. The van der Waals surface area contributed by atoms with Gasteiger partial charge in [0.1, 0.15) is 12.4 Å². The van der Waals surface area contributed by atoms with E-state index in [0.29, 0.717) is 31.7 Å². The fraction of sp³-hybridized carbons (Fsp3) is 0.412. The predicted molar refractivity (Wildman–Crippen MR) is 86.7 cm³/mol. The largest absolute Gasteiger partial charge is 0.375 e. The number of rotatable bonds is 6. The summed E-state index contributed by atoms with van der Waals surface area (Å²) in [7, 11) is 1.49. The zero-order valence-electron chi connectivity index (χ0n) is 13.6. The molecule has 1 aromatic heterocycles. The number of aromatic nitrogens is 2. The first-order chi connectivity index (χ1) is 11.7. The molecule has 2 aromatic rings. The highest BCUT2D eigenvalue weighted by Crippen LogP contribution is 2.22. The molecule has 0 fully saturated rings. The van der Waals surface area contributed by atoms with E-state index in [2.05, 4.69) is 19.8 Å². The first kappa shape index (κ1) is 16.6. The molecule has 2 heterocycles. The van der Waals surface area contributed by atoms with Gasteiger partial charge in [-0.2, -0.15) is 0 Å². The van der Waals surface area contributed by atoms with Crippen LogP contribution < -0.4 is 5.32 Å². The van der Waals surface area contributed by atoms with E-state index in [1.165, 1.54) is 13.2 Å². The summed E-state index contributed by atoms with van der Waals surface area (Å²) in [5, 5.41) is 2.87. The van der Waals surface area contributed by atoms with E-state index in [4.69, 9.17) is 4.74 Å². The van der Waals surface area contributed by atoms with Gasteiger partial charge in [0, 0.05) is 45.0 Å². The van der Waals surface area contributed by atoms with Crippen LogP contribution in [0.4, 0.5) is 4.39 Å². The van der Waals surface area contributed by atoms with Gasteiger partial charge in [0.2, 0.25) is 5.91 Å². The van der Waals surface area contributed by atoms with Crippen LogP contribution in [-0.2, 0) is 22.6 Å². The van der Waals surface area contributed by atoms with Crippen molar-refractivity contribution in [1.82, 2.24) is 19.8 Å². The number of hydrogen-bond acceptors (Lipinski definition) is 4. The number of amides is 1. The van der Waals surface area contributed by atoms with Crippen molar-refractivity contribution in [2.75, 3.05) is 26.8 Å². The third kappa shape index (κ3) is 3.80. The van der Waals surface area contributed by atoms with Crippen LogP contribution in [0.5, 0.6) is 0 Å². The molecule has 0 spiro atoms. The second kappa shape index (κ2) is 7.55. The van der Waals surface area contributed by atoms with Crippen molar-refractivity contribution in [2.45, 2.75) is 19.1 Å². The predicted octanol–water partition coefficient (Wildman–Crippen LogP) is 1.34. The Kier molecular flexibility index (Phi) is 5.22. The van der Waals surface area contributed by atoms with Crippen molar-refractivity contribution >= 4 is 5.91 Å². The molecular formula is C17H21FN4O2. The lowest BCUT2D eigenvalue weighted by Crippen LogP contribution is -2.42. The fourth-order valence-electron chi connectivity index (χ4n) is 3.03. The number of imidazole rings is 1. The summed E-state index contributed by atoms with van der Waals surface area (Å²) in [6.07, 6.45) is 3.60. The minimum Gasteiger partial charge on any atom is -0.375 e. The molecular weight excluding hydrogens is 311 g/mol. The average molecular weight is 332 g/mol. The number of ether oxygens (including phenoxy) is 1. The average Bonchev–Trinajstić information content (AvgIpc) is 3.04. The summed E-state index contributed by atoms with van der Waals surface area (Å²) in [5.74, 6) is -0.341. The van der Waals surface area contributed by atoms with Gasteiger partial charge in [0.05, 0.1) is 18.1 Å². The summed E-state index contributed by atoms with van der Waals surface area (Å²) in [6.45, 7) is 2.48. The van der Waals surface area contributed by atoms with E-state index < -0.39 is 0 Å². The molecule has 0 saturated carbocycles. The molecule has 0 bridgehead atoms. The molecule has 0 unspecified atom stereocenters. The molecule has 128 valence electrons. The number of carbonyl (C=O) groups is 1. The molecule has 1 aromatic carbocycles. The van der Waals surface area contributed by atoms with Gasteiger partial charge in [-0.1, -0.05) is 18.2 Å². The van der Waals surface area contributed by atoms with E-state index in [-0.39, 0.29) is 24.4 Å². The van der Waals surface area contributed by atoms with Crippen LogP contribution in [0.2, 0.25) is 0 Å². The molecule has 24 heavy (non-hydrogen) atoms. The normalized spacial score (nSPS) is 17.5. The lowest BCUT2D eigenvalue weighted by Gasteiger charge is -2.34. The number of nitrogens with one attached hydrogen (secondary N) is 1. The van der Waals surface area contributed by atoms with Gasteiger partial charge in [-0.05, 0) is 6.07 Å². The van der Waals surface area contributed by atoms with Crippen molar-refractivity contribution in [3.05, 3.63) is 53.9 Å². The molecule has 0 saturated heterocycles. The van der Waals surface area contributed by atoms with E-state index in [9.17, 15) is 9.18 Å². The number of halogens is 1. The zero-order valence-corrected chi connectivity index (χ0v) is 13.6. The number of nitrogens with zero attached hydrogens (tertiary/aromatic N) is 3. The first-order valence-corrected chi connectivity index (χ1v) is 7.89. The van der Waals surface area contributed by atoms with Crippen LogP contribution >= 0.6 is 0 Å². The third-order valence-corrected chi connectivity index (χ3v) is 4.16. The van der Waals surface area contributed by atoms with Gasteiger partial charge < -0.3 is 14.6 Å². The molecule has 7 heteroatoms. The lowest BCUT2D eigenvalue weighted by atomic mass is 10.1. The Bertz CT molecular complexity index is 703. The van der Waals surface area contributed by atoms with E-state index in [1.54, 1.807) is 18.5 Å². The van der Waals surface area contributed by atoms with Crippen molar-refractivity contribution in [3.8, 4) is 0 Å². The lowest BCUT2D eigenvalue weighted by molar-refractivity contribution is -0.124. The van der Waals surface area contributed by atoms with Crippen LogP contribution in [0.3, 0.4) is 0 Å². The number of fused-ring (bicyclic) bond motifs is 1. The summed E-state index contributed by atoms with van der Waals surface area (Å²) in [4.78, 5) is 18.0. The van der Waals surface area contributed by atoms with Gasteiger partial charge in [0.25, 0.3) is 0 Å². The third-order valence-electron chi connectivity index (χ3n) is 4.16. The smallest absolute Gasteiger partial charge is 0.246 e. The molecule has 1 N–H and O–H groups in total. The fourth-order valence-corrected chi connectivity index (χ4v) is 3.03.